The van der Waals surface area contributed by atoms with Crippen molar-refractivity contribution in [3.05, 3.63) is 59.4 Å². The van der Waals surface area contributed by atoms with Gasteiger partial charge in [0.1, 0.15) is 4.90 Å². The third kappa shape index (κ3) is 3.54. The third-order valence-electron chi connectivity index (χ3n) is 4.39. The van der Waals surface area contributed by atoms with E-state index in [1.165, 1.54) is 18.2 Å². The molecule has 0 bridgehead atoms. The first-order valence-electron chi connectivity index (χ1n) is 8.47. The summed E-state index contributed by atoms with van der Waals surface area (Å²) < 4.78 is 38.1. The van der Waals surface area contributed by atoms with E-state index in [4.69, 9.17) is 11.6 Å². The van der Waals surface area contributed by atoms with Gasteiger partial charge in [0.25, 0.3) is 0 Å². The van der Waals surface area contributed by atoms with Crippen molar-refractivity contribution in [2.45, 2.75) is 11.8 Å². The molecule has 0 spiro atoms. The molecule has 0 saturated heterocycles. The Balaban J connectivity index is 1.78. The van der Waals surface area contributed by atoms with Crippen LogP contribution in [0.2, 0.25) is 5.15 Å². The highest BCUT2D eigenvalue weighted by Crippen LogP contribution is 2.32. The van der Waals surface area contributed by atoms with Crippen LogP contribution in [0.5, 0.6) is 0 Å². The Morgan fingerprint density at radius 3 is 2.76 bits per heavy atom. The van der Waals surface area contributed by atoms with Gasteiger partial charge in [0.2, 0.25) is 5.95 Å². The summed E-state index contributed by atoms with van der Waals surface area (Å²) >= 11 is 6.13. The number of aryl methyl sites for hydroxylation is 1. The molecule has 2 N–H and O–H groups in total. The number of anilines is 2. The molecule has 29 heavy (non-hydrogen) atoms. The SMILES string of the molecule is Cc1cnc(Nc2cccc(S(C)(=O)=O)c2F)nc1-c1c[nH]c2c(Cl)nccc12. The lowest BCUT2D eigenvalue weighted by molar-refractivity contribution is 0.573. The zero-order valence-electron chi connectivity index (χ0n) is 15.4. The summed E-state index contributed by atoms with van der Waals surface area (Å²) in [5.74, 6) is -0.754. The van der Waals surface area contributed by atoms with Crippen molar-refractivity contribution in [1.82, 2.24) is 19.9 Å². The van der Waals surface area contributed by atoms with Crippen molar-refractivity contribution in [2.75, 3.05) is 11.6 Å². The van der Waals surface area contributed by atoms with Gasteiger partial charge in [0.05, 0.1) is 16.9 Å². The van der Waals surface area contributed by atoms with E-state index < -0.39 is 20.5 Å². The average Bonchev–Trinajstić information content (AvgIpc) is 3.09. The van der Waals surface area contributed by atoms with Gasteiger partial charge in [-0.05, 0) is 30.7 Å². The molecule has 3 aromatic heterocycles. The number of benzene rings is 1. The smallest absolute Gasteiger partial charge is 0.227 e. The Hall–Kier alpha value is -3.04. The molecule has 148 valence electrons. The van der Waals surface area contributed by atoms with Gasteiger partial charge in [-0.15, -0.1) is 0 Å². The van der Waals surface area contributed by atoms with Gasteiger partial charge in [-0.3, -0.25) is 0 Å². The number of halogens is 2. The van der Waals surface area contributed by atoms with E-state index in [0.717, 1.165) is 22.8 Å². The summed E-state index contributed by atoms with van der Waals surface area (Å²) in [6, 6.07) is 5.90. The fourth-order valence-electron chi connectivity index (χ4n) is 3.01. The van der Waals surface area contributed by atoms with Crippen LogP contribution in [0, 0.1) is 12.7 Å². The van der Waals surface area contributed by atoms with E-state index in [1.807, 2.05) is 13.0 Å². The van der Waals surface area contributed by atoms with E-state index in [9.17, 15) is 12.8 Å². The van der Waals surface area contributed by atoms with E-state index >= 15 is 0 Å². The molecule has 4 rings (SSSR count). The maximum Gasteiger partial charge on any atom is 0.227 e. The first-order chi connectivity index (χ1) is 13.8. The van der Waals surface area contributed by atoms with Crippen LogP contribution in [0.1, 0.15) is 5.56 Å². The van der Waals surface area contributed by atoms with E-state index in [2.05, 4.69) is 25.3 Å². The number of hydrogen-bond donors (Lipinski definition) is 2. The van der Waals surface area contributed by atoms with Gasteiger partial charge < -0.3 is 10.3 Å². The first-order valence-corrected chi connectivity index (χ1v) is 10.7. The lowest BCUT2D eigenvalue weighted by Gasteiger charge is -2.11. The molecule has 3 heterocycles. The zero-order valence-corrected chi connectivity index (χ0v) is 16.9. The van der Waals surface area contributed by atoms with Gasteiger partial charge in [-0.25, -0.2) is 27.8 Å². The number of aromatic nitrogens is 4. The largest absolute Gasteiger partial charge is 0.358 e. The number of aromatic amines is 1. The maximum atomic E-state index is 14.6. The van der Waals surface area contributed by atoms with Crippen molar-refractivity contribution in [1.29, 1.82) is 0 Å². The number of nitrogens with zero attached hydrogens (tertiary/aromatic N) is 3. The van der Waals surface area contributed by atoms with Crippen LogP contribution in [-0.4, -0.2) is 34.6 Å². The van der Waals surface area contributed by atoms with Crippen LogP contribution in [0.4, 0.5) is 16.0 Å². The standard InChI is InChI=1S/C19H15ClFN5O2S/c1-10-8-24-19(25-13-4-3-5-14(15(13)21)29(2,27)28)26-16(10)12-9-23-17-11(12)6-7-22-18(17)20/h3-9,23H,1-2H3,(H,24,25,26). The second kappa shape index (κ2) is 7.09. The van der Waals surface area contributed by atoms with E-state index in [-0.39, 0.29) is 11.6 Å². The van der Waals surface area contributed by atoms with Crippen molar-refractivity contribution in [2.24, 2.45) is 0 Å². The molecule has 0 fully saturated rings. The maximum absolute atomic E-state index is 14.6. The molecule has 4 aromatic rings. The van der Waals surface area contributed by atoms with Crippen LogP contribution in [-0.2, 0) is 9.84 Å². The van der Waals surface area contributed by atoms with Gasteiger partial charge in [0.15, 0.2) is 20.8 Å². The molecular formula is C19H15ClFN5O2S. The van der Waals surface area contributed by atoms with E-state index in [0.29, 0.717) is 16.4 Å². The number of rotatable bonds is 4. The van der Waals surface area contributed by atoms with Gasteiger partial charge in [0, 0.05) is 35.8 Å². The van der Waals surface area contributed by atoms with Gasteiger partial charge in [-0.1, -0.05) is 17.7 Å². The number of H-pyrrole nitrogens is 1. The topological polar surface area (TPSA) is 101 Å². The van der Waals surface area contributed by atoms with Crippen molar-refractivity contribution in [3.8, 4) is 11.3 Å². The molecule has 10 heteroatoms. The molecule has 0 radical (unpaired) electrons. The average molecular weight is 432 g/mol. The van der Waals surface area contributed by atoms with Crippen LogP contribution < -0.4 is 5.32 Å². The molecule has 0 aliphatic carbocycles. The fraction of sp³-hybridized carbons (Fsp3) is 0.105. The summed E-state index contributed by atoms with van der Waals surface area (Å²) in [6.45, 7) is 1.85. The highest BCUT2D eigenvalue weighted by Gasteiger charge is 2.18. The summed E-state index contributed by atoms with van der Waals surface area (Å²) in [5, 5.41) is 3.95. The second-order valence-electron chi connectivity index (χ2n) is 6.47. The minimum Gasteiger partial charge on any atom is -0.358 e. The van der Waals surface area contributed by atoms with Crippen molar-refractivity contribution >= 4 is 44.0 Å². The fourth-order valence-corrected chi connectivity index (χ4v) is 3.98. The summed E-state index contributed by atoms with van der Waals surface area (Å²) in [5.41, 5.74) is 2.86. The molecule has 7 nitrogen and oxygen atoms in total. The number of fused-ring (bicyclic) bond motifs is 1. The predicted octanol–water partition coefficient (Wildman–Crippen LogP) is 4.27. The minimum absolute atomic E-state index is 0.0334. The molecule has 1 aromatic carbocycles. The van der Waals surface area contributed by atoms with Crippen LogP contribution >= 0.6 is 11.6 Å². The molecule has 0 aliphatic heterocycles. The van der Waals surface area contributed by atoms with Gasteiger partial charge >= 0.3 is 0 Å². The Labute approximate surface area is 170 Å². The zero-order chi connectivity index (χ0) is 20.8. The normalized spacial score (nSPS) is 11.7. The molecule has 0 saturated carbocycles. The Kier molecular flexibility index (Phi) is 4.71. The lowest BCUT2D eigenvalue weighted by atomic mass is 10.1. The lowest BCUT2D eigenvalue weighted by Crippen LogP contribution is -2.06. The van der Waals surface area contributed by atoms with Crippen LogP contribution in [0.15, 0.2) is 47.8 Å². The predicted molar refractivity (Wildman–Crippen MR) is 110 cm³/mol. The number of sulfone groups is 1. The highest BCUT2D eigenvalue weighted by atomic mass is 35.5. The van der Waals surface area contributed by atoms with Gasteiger partial charge in [-0.2, -0.15) is 0 Å². The molecule has 0 atom stereocenters. The van der Waals surface area contributed by atoms with Crippen molar-refractivity contribution < 1.29 is 12.8 Å². The second-order valence-corrected chi connectivity index (χ2v) is 8.81. The number of pyridine rings is 1. The number of hydrogen-bond acceptors (Lipinski definition) is 6. The summed E-state index contributed by atoms with van der Waals surface area (Å²) in [7, 11) is -3.71. The monoisotopic (exact) mass is 431 g/mol. The molecule has 0 aliphatic rings. The third-order valence-corrected chi connectivity index (χ3v) is 5.79. The quantitative estimate of drug-likeness (QED) is 0.468. The summed E-state index contributed by atoms with van der Waals surface area (Å²) in [4.78, 5) is 15.4. The minimum atomic E-state index is -3.71. The summed E-state index contributed by atoms with van der Waals surface area (Å²) in [6.07, 6.45) is 5.92. The Morgan fingerprint density at radius 2 is 2.00 bits per heavy atom. The highest BCUT2D eigenvalue weighted by molar-refractivity contribution is 7.90. The molecular weight excluding hydrogens is 417 g/mol. The van der Waals surface area contributed by atoms with Crippen LogP contribution in [0.3, 0.4) is 0 Å². The van der Waals surface area contributed by atoms with Crippen LogP contribution in [0.25, 0.3) is 22.2 Å². The molecule has 0 unspecified atom stereocenters. The van der Waals surface area contributed by atoms with Crippen molar-refractivity contribution in [3.63, 3.8) is 0 Å². The number of nitrogens with one attached hydrogen (secondary N) is 2. The first kappa shape index (κ1) is 19.3. The Morgan fingerprint density at radius 1 is 1.21 bits per heavy atom. The van der Waals surface area contributed by atoms with E-state index in [1.54, 1.807) is 18.6 Å². The Bertz CT molecular complexity index is 1350. The molecule has 0 amide bonds.